The van der Waals surface area contributed by atoms with Crippen LogP contribution < -0.4 is 10.9 Å². The molecular weight excluding hydrogens is 248 g/mol. The summed E-state index contributed by atoms with van der Waals surface area (Å²) in [5.41, 5.74) is -0.0793. The van der Waals surface area contributed by atoms with Gasteiger partial charge in [-0.05, 0) is 18.9 Å². The Bertz CT molecular complexity index is 482. The number of carboxylic acids is 1. The van der Waals surface area contributed by atoms with Crippen molar-refractivity contribution >= 4 is 11.9 Å². The first-order valence-corrected chi connectivity index (χ1v) is 6.23. The number of carboxylic acid groups (broad SMARTS) is 1. The van der Waals surface area contributed by atoms with Crippen molar-refractivity contribution < 1.29 is 14.7 Å². The van der Waals surface area contributed by atoms with Crippen LogP contribution in [0.1, 0.15) is 25.7 Å². The zero-order valence-electron chi connectivity index (χ0n) is 10.7. The van der Waals surface area contributed by atoms with E-state index in [2.05, 4.69) is 5.32 Å². The minimum atomic E-state index is -0.863. The molecule has 1 rings (SSSR count). The molecule has 0 unspecified atom stereocenters. The van der Waals surface area contributed by atoms with Crippen LogP contribution in [0.4, 0.5) is 0 Å². The van der Waals surface area contributed by atoms with Gasteiger partial charge in [0.15, 0.2) is 0 Å². The van der Waals surface area contributed by atoms with Crippen LogP contribution in [-0.2, 0) is 16.1 Å². The van der Waals surface area contributed by atoms with E-state index in [1.54, 1.807) is 22.9 Å². The predicted molar refractivity (Wildman–Crippen MR) is 69.8 cm³/mol. The number of rotatable bonds is 8. The van der Waals surface area contributed by atoms with Crippen LogP contribution >= 0.6 is 0 Å². The minimum absolute atomic E-state index is 0.0552. The van der Waals surface area contributed by atoms with Gasteiger partial charge < -0.3 is 15.0 Å². The number of hydrogen-bond donors (Lipinski definition) is 2. The van der Waals surface area contributed by atoms with Gasteiger partial charge in [-0.15, -0.1) is 0 Å². The molecule has 1 aromatic heterocycles. The molecule has 1 aromatic rings. The highest BCUT2D eigenvalue weighted by molar-refractivity contribution is 5.75. The van der Waals surface area contributed by atoms with E-state index in [4.69, 9.17) is 5.11 Å². The first-order valence-electron chi connectivity index (χ1n) is 6.23. The summed E-state index contributed by atoms with van der Waals surface area (Å²) >= 11 is 0. The molecule has 0 saturated carbocycles. The van der Waals surface area contributed by atoms with Gasteiger partial charge in [-0.1, -0.05) is 6.07 Å². The van der Waals surface area contributed by atoms with Crippen molar-refractivity contribution in [3.8, 4) is 0 Å². The van der Waals surface area contributed by atoms with E-state index < -0.39 is 5.97 Å². The Kier molecular flexibility index (Phi) is 6.35. The molecule has 2 N–H and O–H groups in total. The molecule has 0 fully saturated rings. The highest BCUT2D eigenvalue weighted by atomic mass is 16.4. The Morgan fingerprint density at radius 3 is 2.68 bits per heavy atom. The fourth-order valence-electron chi connectivity index (χ4n) is 1.61. The van der Waals surface area contributed by atoms with Crippen molar-refractivity contribution in [3.05, 3.63) is 34.7 Å². The lowest BCUT2D eigenvalue weighted by Gasteiger charge is -2.06. The molecule has 0 bridgehead atoms. The average Bonchev–Trinajstić information content (AvgIpc) is 2.37. The fourth-order valence-corrected chi connectivity index (χ4v) is 1.61. The third-order valence-corrected chi connectivity index (χ3v) is 2.59. The maximum atomic E-state index is 11.4. The van der Waals surface area contributed by atoms with E-state index in [1.807, 2.05) is 0 Å². The molecule has 6 nitrogen and oxygen atoms in total. The van der Waals surface area contributed by atoms with Gasteiger partial charge in [-0.25, -0.2) is 0 Å². The van der Waals surface area contributed by atoms with E-state index in [0.29, 0.717) is 32.4 Å². The molecule has 0 saturated heterocycles. The number of hydrogen-bond acceptors (Lipinski definition) is 3. The Hall–Kier alpha value is -2.11. The van der Waals surface area contributed by atoms with Crippen molar-refractivity contribution in [2.24, 2.45) is 0 Å². The Labute approximate surface area is 111 Å². The molecular formula is C13H18N2O4. The molecule has 0 atom stereocenters. The van der Waals surface area contributed by atoms with Gasteiger partial charge in [0.1, 0.15) is 0 Å². The highest BCUT2D eigenvalue weighted by Crippen LogP contribution is 1.94. The Morgan fingerprint density at radius 1 is 1.21 bits per heavy atom. The van der Waals surface area contributed by atoms with Crippen molar-refractivity contribution in [1.82, 2.24) is 9.88 Å². The first kappa shape index (κ1) is 14.9. The van der Waals surface area contributed by atoms with Gasteiger partial charge in [0.25, 0.3) is 0 Å². The highest BCUT2D eigenvalue weighted by Gasteiger charge is 2.02. The monoisotopic (exact) mass is 266 g/mol. The summed E-state index contributed by atoms with van der Waals surface area (Å²) in [6.45, 7) is 0.874. The fraction of sp³-hybridized carbons (Fsp3) is 0.462. The number of carbonyl (C=O) groups excluding carboxylic acids is 1. The Balaban J connectivity index is 2.15. The average molecular weight is 266 g/mol. The lowest BCUT2D eigenvalue weighted by molar-refractivity contribution is -0.137. The molecule has 19 heavy (non-hydrogen) atoms. The number of pyridine rings is 1. The molecule has 0 aromatic carbocycles. The van der Waals surface area contributed by atoms with E-state index in [-0.39, 0.29) is 17.9 Å². The van der Waals surface area contributed by atoms with E-state index in [9.17, 15) is 14.4 Å². The molecule has 6 heteroatoms. The van der Waals surface area contributed by atoms with E-state index in [1.165, 1.54) is 6.07 Å². The lowest BCUT2D eigenvalue weighted by atomic mass is 10.2. The van der Waals surface area contributed by atoms with Gasteiger partial charge in [0.2, 0.25) is 11.5 Å². The number of aromatic nitrogens is 1. The van der Waals surface area contributed by atoms with Gasteiger partial charge in [-0.3, -0.25) is 14.4 Å². The number of aliphatic carboxylic acids is 1. The second-order valence-electron chi connectivity index (χ2n) is 4.18. The summed E-state index contributed by atoms with van der Waals surface area (Å²) < 4.78 is 1.55. The second-order valence-corrected chi connectivity index (χ2v) is 4.18. The number of carbonyl (C=O) groups is 2. The third-order valence-electron chi connectivity index (χ3n) is 2.59. The van der Waals surface area contributed by atoms with Crippen LogP contribution in [0.2, 0.25) is 0 Å². The summed E-state index contributed by atoms with van der Waals surface area (Å²) in [4.78, 5) is 33.1. The van der Waals surface area contributed by atoms with Crippen molar-refractivity contribution in [2.45, 2.75) is 32.2 Å². The first-order chi connectivity index (χ1) is 9.09. The number of amides is 1. The smallest absolute Gasteiger partial charge is 0.303 e. The van der Waals surface area contributed by atoms with E-state index in [0.717, 1.165) is 0 Å². The maximum Gasteiger partial charge on any atom is 0.303 e. The number of aryl methyl sites for hydroxylation is 1. The molecule has 0 aliphatic rings. The van der Waals surface area contributed by atoms with Crippen molar-refractivity contribution in [3.63, 3.8) is 0 Å². The zero-order chi connectivity index (χ0) is 14.1. The Morgan fingerprint density at radius 2 is 2.00 bits per heavy atom. The summed E-state index contributed by atoms with van der Waals surface area (Å²) in [5.74, 6) is -0.980. The molecule has 1 amide bonds. The summed E-state index contributed by atoms with van der Waals surface area (Å²) in [6, 6.07) is 4.92. The topological polar surface area (TPSA) is 88.4 Å². The largest absolute Gasteiger partial charge is 0.481 e. The maximum absolute atomic E-state index is 11.4. The van der Waals surface area contributed by atoms with Gasteiger partial charge >= 0.3 is 5.97 Å². The van der Waals surface area contributed by atoms with Crippen LogP contribution in [0.15, 0.2) is 29.2 Å². The predicted octanol–water partition coefficient (Wildman–Crippen LogP) is 0.609. The molecule has 0 spiro atoms. The van der Waals surface area contributed by atoms with Crippen LogP contribution in [0.25, 0.3) is 0 Å². The van der Waals surface area contributed by atoms with Crippen LogP contribution in [0, 0.1) is 0 Å². The molecule has 0 aliphatic carbocycles. The third kappa shape index (κ3) is 6.40. The summed E-state index contributed by atoms with van der Waals surface area (Å²) in [5, 5.41) is 11.1. The SMILES string of the molecule is O=C(O)CCCNC(=O)CCCn1ccccc1=O. The van der Waals surface area contributed by atoms with Crippen LogP contribution in [-0.4, -0.2) is 28.1 Å². The molecule has 1 heterocycles. The van der Waals surface area contributed by atoms with E-state index >= 15 is 0 Å². The summed E-state index contributed by atoms with van der Waals surface area (Å²) in [6.07, 6.45) is 3.08. The molecule has 0 radical (unpaired) electrons. The molecule has 0 aliphatic heterocycles. The van der Waals surface area contributed by atoms with Gasteiger partial charge in [0.05, 0.1) is 0 Å². The van der Waals surface area contributed by atoms with Crippen molar-refractivity contribution in [2.75, 3.05) is 6.54 Å². The van der Waals surface area contributed by atoms with Crippen molar-refractivity contribution in [1.29, 1.82) is 0 Å². The number of nitrogens with zero attached hydrogens (tertiary/aromatic N) is 1. The van der Waals surface area contributed by atoms with Crippen LogP contribution in [0.3, 0.4) is 0 Å². The lowest BCUT2D eigenvalue weighted by Crippen LogP contribution is -2.25. The number of nitrogens with one attached hydrogen (secondary N) is 1. The van der Waals surface area contributed by atoms with Gasteiger partial charge in [0, 0.05) is 38.2 Å². The van der Waals surface area contributed by atoms with Gasteiger partial charge in [-0.2, -0.15) is 0 Å². The zero-order valence-corrected chi connectivity index (χ0v) is 10.7. The normalized spacial score (nSPS) is 10.1. The standard InChI is InChI=1S/C13H18N2O4/c16-11(14-8-3-7-13(18)19)5-4-10-15-9-2-1-6-12(15)17/h1-2,6,9H,3-5,7-8,10H2,(H,14,16)(H,18,19). The van der Waals surface area contributed by atoms with Crippen LogP contribution in [0.5, 0.6) is 0 Å². The summed E-state index contributed by atoms with van der Waals surface area (Å²) in [7, 11) is 0. The quantitative estimate of drug-likeness (QED) is 0.675. The molecule has 104 valence electrons. The second kappa shape index (κ2) is 8.07. The minimum Gasteiger partial charge on any atom is -0.481 e.